The topological polar surface area (TPSA) is 12.9 Å². The Kier molecular flexibility index (Phi) is 3.98. The summed E-state index contributed by atoms with van der Waals surface area (Å²) in [6.45, 7) is 7.91. The van der Waals surface area contributed by atoms with E-state index in [1.807, 2.05) is 32.1 Å². The van der Waals surface area contributed by atoms with Crippen molar-refractivity contribution >= 4 is 5.57 Å². The molecule has 1 nitrogen and oxygen atoms in total. The number of hydrogen-bond acceptors (Lipinski definition) is 1. The zero-order valence-electron chi connectivity index (χ0n) is 9.00. The maximum Gasteiger partial charge on any atom is 0.212 e. The molecule has 0 fully saturated rings. The van der Waals surface area contributed by atoms with E-state index >= 15 is 0 Å². The Morgan fingerprint density at radius 1 is 1.40 bits per heavy atom. The van der Waals surface area contributed by atoms with Crippen LogP contribution >= 0.6 is 0 Å². The summed E-state index contributed by atoms with van der Waals surface area (Å²) in [4.78, 5) is 3.57. The number of pyridine rings is 1. The van der Waals surface area contributed by atoms with Gasteiger partial charge in [-0.15, -0.1) is 0 Å². The number of halogens is 1. The van der Waals surface area contributed by atoms with Crippen molar-refractivity contribution in [3.05, 3.63) is 60.2 Å². The summed E-state index contributed by atoms with van der Waals surface area (Å²) in [5.41, 5.74) is 2.87. The summed E-state index contributed by atoms with van der Waals surface area (Å²) in [5.74, 6) is -0.472. The van der Waals surface area contributed by atoms with E-state index in [-0.39, 0.29) is 0 Å². The number of nitrogens with zero attached hydrogens (tertiary/aromatic N) is 1. The Balaban J connectivity index is 2.74. The van der Waals surface area contributed by atoms with Crippen LogP contribution in [0.5, 0.6) is 0 Å². The van der Waals surface area contributed by atoms with Gasteiger partial charge < -0.3 is 0 Å². The molecule has 0 bridgehead atoms. The van der Waals surface area contributed by atoms with Gasteiger partial charge in [0.2, 0.25) is 5.95 Å². The lowest BCUT2D eigenvalue weighted by Gasteiger charge is -1.98. The fraction of sp³-hybridized carbons (Fsp3) is 0.154. The molecule has 0 aliphatic heterocycles. The number of allylic oxidation sites excluding steroid dienone is 5. The average molecular weight is 203 g/mol. The Hall–Kier alpha value is -1.70. The van der Waals surface area contributed by atoms with Crippen molar-refractivity contribution in [2.45, 2.75) is 13.8 Å². The van der Waals surface area contributed by atoms with Crippen LogP contribution in [0.25, 0.3) is 5.57 Å². The van der Waals surface area contributed by atoms with Crippen molar-refractivity contribution in [2.75, 3.05) is 0 Å². The summed E-state index contributed by atoms with van der Waals surface area (Å²) in [6, 6.07) is 2.99. The zero-order valence-corrected chi connectivity index (χ0v) is 9.00. The summed E-state index contributed by atoms with van der Waals surface area (Å²) < 4.78 is 12.5. The van der Waals surface area contributed by atoms with Gasteiger partial charge in [0.05, 0.1) is 0 Å². The van der Waals surface area contributed by atoms with Crippen molar-refractivity contribution in [3.63, 3.8) is 0 Å². The van der Waals surface area contributed by atoms with E-state index in [2.05, 4.69) is 11.6 Å². The van der Waals surface area contributed by atoms with Crippen LogP contribution in [-0.4, -0.2) is 4.98 Å². The van der Waals surface area contributed by atoms with E-state index in [1.165, 1.54) is 17.8 Å². The van der Waals surface area contributed by atoms with Gasteiger partial charge in [-0.25, -0.2) is 4.98 Å². The lowest BCUT2D eigenvalue weighted by molar-refractivity contribution is 0.583. The minimum absolute atomic E-state index is 0.472. The Morgan fingerprint density at radius 2 is 2.13 bits per heavy atom. The molecule has 0 atom stereocenters. The standard InChI is InChI=1S/C13H14FN/c1-10(2)5-4-6-11(3)12-7-8-13(14)15-9-12/h4-9H,3H2,1-2H3/b6-4-. The Labute approximate surface area is 89.7 Å². The third-order valence-electron chi connectivity index (χ3n) is 1.83. The molecule has 1 heterocycles. The van der Waals surface area contributed by atoms with Gasteiger partial charge in [-0.2, -0.15) is 4.39 Å². The second kappa shape index (κ2) is 5.25. The van der Waals surface area contributed by atoms with Crippen molar-refractivity contribution in [1.29, 1.82) is 0 Å². The molecular formula is C13H14FN. The molecule has 1 aromatic rings. The largest absolute Gasteiger partial charge is 0.228 e. The van der Waals surface area contributed by atoms with E-state index in [0.717, 1.165) is 11.1 Å². The Morgan fingerprint density at radius 3 is 2.67 bits per heavy atom. The molecule has 1 aromatic heterocycles. The monoisotopic (exact) mass is 203 g/mol. The highest BCUT2D eigenvalue weighted by atomic mass is 19.1. The van der Waals surface area contributed by atoms with Crippen molar-refractivity contribution in [2.24, 2.45) is 0 Å². The molecule has 0 aliphatic rings. The maximum absolute atomic E-state index is 12.5. The molecule has 1 rings (SSSR count). The molecule has 0 saturated carbocycles. The highest BCUT2D eigenvalue weighted by molar-refractivity contribution is 5.71. The van der Waals surface area contributed by atoms with E-state index in [1.54, 1.807) is 6.07 Å². The summed E-state index contributed by atoms with van der Waals surface area (Å²) >= 11 is 0. The van der Waals surface area contributed by atoms with E-state index in [4.69, 9.17) is 0 Å². The highest BCUT2D eigenvalue weighted by Crippen LogP contribution is 2.12. The molecule has 2 heteroatoms. The van der Waals surface area contributed by atoms with Crippen molar-refractivity contribution in [3.8, 4) is 0 Å². The number of aromatic nitrogens is 1. The van der Waals surface area contributed by atoms with Gasteiger partial charge in [0, 0.05) is 6.20 Å². The summed E-state index contributed by atoms with van der Waals surface area (Å²) in [7, 11) is 0. The molecule has 0 amide bonds. The van der Waals surface area contributed by atoms with Crippen LogP contribution in [0.2, 0.25) is 0 Å². The van der Waals surface area contributed by atoms with E-state index in [0.29, 0.717) is 0 Å². The van der Waals surface area contributed by atoms with Crippen LogP contribution in [0.4, 0.5) is 4.39 Å². The van der Waals surface area contributed by atoms with Gasteiger partial charge in [-0.3, -0.25) is 0 Å². The zero-order chi connectivity index (χ0) is 11.3. The number of hydrogen-bond donors (Lipinski definition) is 0. The smallest absolute Gasteiger partial charge is 0.212 e. The molecule has 0 aliphatic carbocycles. The van der Waals surface area contributed by atoms with Gasteiger partial charge in [0.1, 0.15) is 0 Å². The van der Waals surface area contributed by atoms with Crippen molar-refractivity contribution < 1.29 is 4.39 Å². The normalized spacial score (nSPS) is 10.3. The molecule has 78 valence electrons. The first-order chi connectivity index (χ1) is 7.09. The van der Waals surface area contributed by atoms with Gasteiger partial charge in [0.15, 0.2) is 0 Å². The maximum atomic E-state index is 12.5. The molecule has 0 spiro atoms. The third-order valence-corrected chi connectivity index (χ3v) is 1.83. The predicted octanol–water partition coefficient (Wildman–Crippen LogP) is 3.76. The first-order valence-corrected chi connectivity index (χ1v) is 4.72. The van der Waals surface area contributed by atoms with Crippen LogP contribution in [0.1, 0.15) is 19.4 Å². The molecule has 15 heavy (non-hydrogen) atoms. The summed E-state index contributed by atoms with van der Waals surface area (Å²) in [6.07, 6.45) is 7.26. The second-order valence-corrected chi connectivity index (χ2v) is 3.50. The van der Waals surface area contributed by atoms with Gasteiger partial charge >= 0.3 is 0 Å². The average Bonchev–Trinajstić information content (AvgIpc) is 2.18. The molecule has 0 radical (unpaired) electrons. The second-order valence-electron chi connectivity index (χ2n) is 3.50. The molecule has 0 unspecified atom stereocenters. The van der Waals surface area contributed by atoms with Crippen LogP contribution in [-0.2, 0) is 0 Å². The SMILES string of the molecule is C=C(/C=C\C=C(C)C)c1ccc(F)nc1. The molecule has 0 aromatic carbocycles. The van der Waals surface area contributed by atoms with Crippen molar-refractivity contribution in [1.82, 2.24) is 4.98 Å². The molecule has 0 saturated heterocycles. The quantitative estimate of drug-likeness (QED) is 0.538. The fourth-order valence-electron chi connectivity index (χ4n) is 1.02. The van der Waals surface area contributed by atoms with Crippen LogP contribution in [0, 0.1) is 5.95 Å². The van der Waals surface area contributed by atoms with E-state index in [9.17, 15) is 4.39 Å². The lowest BCUT2D eigenvalue weighted by atomic mass is 10.1. The minimum Gasteiger partial charge on any atom is -0.228 e. The molecular weight excluding hydrogens is 189 g/mol. The van der Waals surface area contributed by atoms with Gasteiger partial charge in [-0.05, 0) is 37.1 Å². The lowest BCUT2D eigenvalue weighted by Crippen LogP contribution is -1.84. The number of rotatable bonds is 3. The van der Waals surface area contributed by atoms with Crippen LogP contribution < -0.4 is 0 Å². The van der Waals surface area contributed by atoms with Crippen LogP contribution in [0.3, 0.4) is 0 Å². The first-order valence-electron chi connectivity index (χ1n) is 4.72. The van der Waals surface area contributed by atoms with Gasteiger partial charge in [0.25, 0.3) is 0 Å². The van der Waals surface area contributed by atoms with Crippen LogP contribution in [0.15, 0.2) is 48.7 Å². The third kappa shape index (κ3) is 3.90. The summed E-state index contributed by atoms with van der Waals surface area (Å²) in [5, 5.41) is 0. The Bertz CT molecular complexity index is 395. The minimum atomic E-state index is -0.472. The highest BCUT2D eigenvalue weighted by Gasteiger charge is 1.95. The first kappa shape index (κ1) is 11.4. The van der Waals surface area contributed by atoms with E-state index < -0.39 is 5.95 Å². The predicted molar refractivity (Wildman–Crippen MR) is 61.8 cm³/mol. The molecule has 0 N–H and O–H groups in total. The fourth-order valence-corrected chi connectivity index (χ4v) is 1.02. The van der Waals surface area contributed by atoms with Gasteiger partial charge in [-0.1, -0.05) is 30.4 Å².